The number of para-hydroxylation sites is 2. The van der Waals surface area contributed by atoms with E-state index in [1.54, 1.807) is 0 Å². The lowest BCUT2D eigenvalue weighted by atomic mass is 9.98. The molecule has 5 aromatic carbocycles. The highest BCUT2D eigenvalue weighted by Gasteiger charge is 2.20. The molecule has 3 aromatic heterocycles. The number of nitrogens with zero attached hydrogens (tertiary/aromatic N) is 1. The fourth-order valence-corrected chi connectivity index (χ4v) is 6.63. The molecule has 0 radical (unpaired) electrons. The minimum Gasteiger partial charge on any atom is -0.454 e. The monoisotopic (exact) mass is 465 g/mol. The Hall–Kier alpha value is -4.34. The molecule has 0 saturated carbocycles. The molecule has 2 nitrogen and oxygen atoms in total. The summed E-state index contributed by atoms with van der Waals surface area (Å²) in [6.45, 7) is 0. The topological polar surface area (TPSA) is 18.1 Å². The van der Waals surface area contributed by atoms with Crippen molar-refractivity contribution in [3.63, 3.8) is 0 Å². The normalized spacial score (nSPS) is 12.0. The van der Waals surface area contributed by atoms with Crippen molar-refractivity contribution in [2.75, 3.05) is 0 Å². The van der Waals surface area contributed by atoms with E-state index in [1.165, 1.54) is 31.3 Å². The molecule has 164 valence electrons. The summed E-state index contributed by atoms with van der Waals surface area (Å²) in [4.78, 5) is 0. The van der Waals surface area contributed by atoms with Gasteiger partial charge in [0, 0.05) is 36.6 Å². The van der Waals surface area contributed by atoms with E-state index >= 15 is 0 Å². The van der Waals surface area contributed by atoms with Gasteiger partial charge in [0.2, 0.25) is 0 Å². The third-order valence-electron chi connectivity index (χ3n) is 7.00. The van der Waals surface area contributed by atoms with Crippen LogP contribution in [0, 0.1) is 0 Å². The summed E-state index contributed by atoms with van der Waals surface area (Å²) in [7, 11) is 0. The summed E-state index contributed by atoms with van der Waals surface area (Å²) in [6.07, 6.45) is 0. The minimum absolute atomic E-state index is 0.913. The highest BCUT2D eigenvalue weighted by atomic mass is 32.1. The number of fused-ring (bicyclic) bond motifs is 8. The van der Waals surface area contributed by atoms with E-state index in [0.717, 1.165) is 38.7 Å². The fraction of sp³-hybridized carbons (Fsp3) is 0. The van der Waals surface area contributed by atoms with E-state index in [9.17, 15) is 0 Å². The van der Waals surface area contributed by atoms with Crippen molar-refractivity contribution in [3.05, 3.63) is 115 Å². The average Bonchev–Trinajstić information content (AvgIpc) is 3.57. The minimum atomic E-state index is 0.913. The van der Waals surface area contributed by atoms with Gasteiger partial charge in [-0.15, -0.1) is 11.3 Å². The van der Waals surface area contributed by atoms with E-state index < -0.39 is 0 Å². The van der Waals surface area contributed by atoms with Gasteiger partial charge in [-0.2, -0.15) is 0 Å². The third kappa shape index (κ3) is 2.64. The summed E-state index contributed by atoms with van der Waals surface area (Å²) in [5.74, 6) is 0. The van der Waals surface area contributed by atoms with Crippen LogP contribution in [-0.4, -0.2) is 4.57 Å². The quantitative estimate of drug-likeness (QED) is 0.248. The van der Waals surface area contributed by atoms with Gasteiger partial charge >= 0.3 is 0 Å². The zero-order valence-electron chi connectivity index (χ0n) is 18.7. The Balaban J connectivity index is 1.49. The fourth-order valence-electron chi connectivity index (χ4n) is 5.50. The van der Waals surface area contributed by atoms with Gasteiger partial charge in [0.05, 0.1) is 5.52 Å². The number of hydrogen-bond acceptors (Lipinski definition) is 2. The zero-order chi connectivity index (χ0) is 22.9. The van der Waals surface area contributed by atoms with Gasteiger partial charge in [0.25, 0.3) is 0 Å². The molecule has 0 fully saturated rings. The molecule has 35 heavy (non-hydrogen) atoms. The van der Waals surface area contributed by atoms with Gasteiger partial charge in [0.1, 0.15) is 11.1 Å². The Kier molecular flexibility index (Phi) is 3.85. The molecule has 0 spiro atoms. The second-order valence-electron chi connectivity index (χ2n) is 8.96. The van der Waals surface area contributed by atoms with Crippen molar-refractivity contribution >= 4 is 64.5 Å². The maximum absolute atomic E-state index is 6.48. The van der Waals surface area contributed by atoms with Crippen LogP contribution in [0.2, 0.25) is 0 Å². The van der Waals surface area contributed by atoms with Crippen LogP contribution in [0.25, 0.3) is 70.0 Å². The third-order valence-corrected chi connectivity index (χ3v) is 8.14. The number of thiophene rings is 1. The zero-order valence-corrected chi connectivity index (χ0v) is 19.5. The lowest BCUT2D eigenvalue weighted by Crippen LogP contribution is -1.92. The van der Waals surface area contributed by atoms with Crippen LogP contribution in [0.3, 0.4) is 0 Å². The Labute approximate surface area is 205 Å². The molecular formula is C32H19NOS. The highest BCUT2D eigenvalue weighted by molar-refractivity contribution is 7.25. The number of hydrogen-bond donors (Lipinski definition) is 0. The summed E-state index contributed by atoms with van der Waals surface area (Å²) in [6, 6.07) is 41.0. The van der Waals surface area contributed by atoms with Crippen LogP contribution in [-0.2, 0) is 0 Å². The average molecular weight is 466 g/mol. The molecule has 8 aromatic rings. The molecule has 0 aliphatic heterocycles. The summed E-state index contributed by atoms with van der Waals surface area (Å²) in [5, 5.41) is 4.92. The molecule has 8 rings (SSSR count). The van der Waals surface area contributed by atoms with Crippen LogP contribution in [0.1, 0.15) is 0 Å². The number of benzene rings is 5. The van der Waals surface area contributed by atoms with Crippen LogP contribution < -0.4 is 0 Å². The first-order valence-electron chi connectivity index (χ1n) is 11.8. The molecule has 3 heteroatoms. The van der Waals surface area contributed by atoms with Gasteiger partial charge in [-0.1, -0.05) is 66.7 Å². The van der Waals surface area contributed by atoms with Crippen LogP contribution in [0.5, 0.6) is 0 Å². The van der Waals surface area contributed by atoms with Crippen molar-refractivity contribution in [3.8, 4) is 16.8 Å². The first-order chi connectivity index (χ1) is 17.4. The maximum Gasteiger partial charge on any atom is 0.161 e. The van der Waals surface area contributed by atoms with Crippen molar-refractivity contribution in [2.24, 2.45) is 0 Å². The molecular weight excluding hydrogens is 446 g/mol. The van der Waals surface area contributed by atoms with Crippen LogP contribution in [0.15, 0.2) is 120 Å². The van der Waals surface area contributed by atoms with Gasteiger partial charge in [-0.25, -0.2) is 0 Å². The predicted molar refractivity (Wildman–Crippen MR) is 149 cm³/mol. The van der Waals surface area contributed by atoms with Crippen molar-refractivity contribution in [1.29, 1.82) is 0 Å². The number of aromatic nitrogens is 1. The molecule has 0 amide bonds. The van der Waals surface area contributed by atoms with Gasteiger partial charge in [-0.05, 0) is 59.7 Å². The molecule has 0 N–H and O–H groups in total. The molecule has 0 aliphatic carbocycles. The van der Waals surface area contributed by atoms with Crippen LogP contribution in [0.4, 0.5) is 0 Å². The van der Waals surface area contributed by atoms with E-state index in [2.05, 4.69) is 120 Å². The standard InChI is InChI=1S/C32H19NOS/c1-2-9-21(10-3-1)33-26-14-6-4-11-23(26)32-31(33)25-19-20(17-18-27(25)34-32)22-13-8-16-29-30(22)24-12-5-7-15-28(24)35-29/h1-19H. The highest BCUT2D eigenvalue weighted by Crippen LogP contribution is 2.43. The Morgan fingerprint density at radius 3 is 2.29 bits per heavy atom. The van der Waals surface area contributed by atoms with Crippen molar-refractivity contribution in [1.82, 2.24) is 4.57 Å². The summed E-state index contributed by atoms with van der Waals surface area (Å²) in [5.41, 5.74) is 7.74. The van der Waals surface area contributed by atoms with Crippen molar-refractivity contribution in [2.45, 2.75) is 0 Å². The molecule has 0 aliphatic rings. The van der Waals surface area contributed by atoms with E-state index in [-0.39, 0.29) is 0 Å². The van der Waals surface area contributed by atoms with Gasteiger partial charge in [-0.3, -0.25) is 0 Å². The van der Waals surface area contributed by atoms with Crippen molar-refractivity contribution < 1.29 is 4.42 Å². The Morgan fingerprint density at radius 1 is 0.600 bits per heavy atom. The van der Waals surface area contributed by atoms with Gasteiger partial charge < -0.3 is 8.98 Å². The number of furan rings is 1. The van der Waals surface area contributed by atoms with E-state index in [0.29, 0.717) is 0 Å². The largest absolute Gasteiger partial charge is 0.454 e. The smallest absolute Gasteiger partial charge is 0.161 e. The Bertz CT molecular complexity index is 2060. The first kappa shape index (κ1) is 19.0. The van der Waals surface area contributed by atoms with E-state index in [1.807, 2.05) is 11.3 Å². The molecule has 0 atom stereocenters. The first-order valence-corrected chi connectivity index (χ1v) is 12.6. The SMILES string of the molecule is c1ccc(-n2c3ccccc3c3oc4ccc(-c5cccc6sc7ccccc7c56)cc4c32)cc1. The molecule has 0 unspecified atom stereocenters. The van der Waals surface area contributed by atoms with Crippen LogP contribution >= 0.6 is 11.3 Å². The van der Waals surface area contributed by atoms with Gasteiger partial charge in [0.15, 0.2) is 5.58 Å². The Morgan fingerprint density at radius 2 is 1.37 bits per heavy atom. The molecule has 0 saturated heterocycles. The lowest BCUT2D eigenvalue weighted by Gasteiger charge is -2.08. The number of rotatable bonds is 2. The second kappa shape index (κ2) is 7.08. The summed E-state index contributed by atoms with van der Waals surface area (Å²) >= 11 is 1.86. The summed E-state index contributed by atoms with van der Waals surface area (Å²) < 4.78 is 11.5. The molecule has 3 heterocycles. The second-order valence-corrected chi connectivity index (χ2v) is 10.0. The predicted octanol–water partition coefficient (Wildman–Crippen LogP) is 9.56. The lowest BCUT2D eigenvalue weighted by molar-refractivity contribution is 0.673. The maximum atomic E-state index is 6.48. The molecule has 0 bridgehead atoms. The van der Waals surface area contributed by atoms with E-state index in [4.69, 9.17) is 4.42 Å².